The summed E-state index contributed by atoms with van der Waals surface area (Å²) in [4.78, 5) is 39.8. The number of rotatable bonds is 8. The number of carbonyl (C=O) groups is 2. The van der Waals surface area contributed by atoms with Crippen LogP contribution in [0, 0.1) is 0 Å². The number of pyridine rings is 1. The molecule has 0 saturated heterocycles. The molecule has 0 aliphatic carbocycles. The molecule has 2 aromatic carbocycles. The van der Waals surface area contributed by atoms with E-state index in [2.05, 4.69) is 9.97 Å². The van der Waals surface area contributed by atoms with Gasteiger partial charge in [-0.05, 0) is 43.3 Å². The van der Waals surface area contributed by atoms with Crippen LogP contribution < -0.4 is 4.90 Å². The Labute approximate surface area is 215 Å². The van der Waals surface area contributed by atoms with Gasteiger partial charge in [-0.1, -0.05) is 30.3 Å². The number of fused-ring (bicyclic) bond motifs is 1. The van der Waals surface area contributed by atoms with E-state index in [1.807, 2.05) is 73.5 Å². The predicted molar refractivity (Wildman–Crippen MR) is 144 cm³/mol. The van der Waals surface area contributed by atoms with E-state index in [1.54, 1.807) is 24.1 Å². The van der Waals surface area contributed by atoms with Crippen molar-refractivity contribution in [1.82, 2.24) is 14.9 Å². The highest BCUT2D eigenvalue weighted by Crippen LogP contribution is 2.31. The number of hydrogen-bond acceptors (Lipinski definition) is 7. The van der Waals surface area contributed by atoms with Crippen LogP contribution >= 0.6 is 0 Å². The number of nitrogens with one attached hydrogen (secondary N) is 1. The standard InChI is InChI=1S/C28H29N5O4/c1-5-32(2)23(34)17-33(3)20-13-11-19(12-14-20)29-25(18-9-7-6-8-10-18)24-21-15-16-22(28(36)37-4)30-26(21)31-27(24)35/h6-16,35H,5,17H2,1-4H3,(H,30,31). The lowest BCUT2D eigenvalue weighted by molar-refractivity contribution is -0.128. The Kier molecular flexibility index (Phi) is 7.52. The Morgan fingerprint density at radius 1 is 1.03 bits per heavy atom. The Morgan fingerprint density at radius 3 is 2.38 bits per heavy atom. The number of esters is 1. The second-order valence-corrected chi connectivity index (χ2v) is 8.54. The first kappa shape index (κ1) is 25.4. The van der Waals surface area contributed by atoms with Gasteiger partial charge in [0.05, 0.1) is 30.6 Å². The highest BCUT2D eigenvalue weighted by Gasteiger charge is 2.21. The summed E-state index contributed by atoms with van der Waals surface area (Å²) in [5.41, 5.74) is 3.83. The van der Waals surface area contributed by atoms with E-state index in [0.29, 0.717) is 34.5 Å². The molecule has 37 heavy (non-hydrogen) atoms. The normalized spacial score (nSPS) is 11.4. The Morgan fingerprint density at radius 2 is 1.73 bits per heavy atom. The van der Waals surface area contributed by atoms with Crippen molar-refractivity contribution in [2.75, 3.05) is 39.2 Å². The third kappa shape index (κ3) is 5.45. The first-order valence-electron chi connectivity index (χ1n) is 11.8. The summed E-state index contributed by atoms with van der Waals surface area (Å²) in [7, 11) is 4.94. The summed E-state index contributed by atoms with van der Waals surface area (Å²) in [5.74, 6) is -0.637. The fraction of sp³-hybridized carbons (Fsp3) is 0.214. The summed E-state index contributed by atoms with van der Waals surface area (Å²) in [6.07, 6.45) is 0. The minimum absolute atomic E-state index is 0.0391. The van der Waals surface area contributed by atoms with Crippen molar-refractivity contribution in [3.05, 3.63) is 83.6 Å². The first-order chi connectivity index (χ1) is 17.8. The number of nitrogens with zero attached hydrogens (tertiary/aromatic N) is 4. The largest absolute Gasteiger partial charge is 0.494 e. The molecule has 0 aliphatic heterocycles. The number of benzene rings is 2. The van der Waals surface area contributed by atoms with Gasteiger partial charge < -0.3 is 24.6 Å². The van der Waals surface area contributed by atoms with Gasteiger partial charge in [0.1, 0.15) is 5.65 Å². The maximum absolute atomic E-state index is 12.3. The van der Waals surface area contributed by atoms with Gasteiger partial charge >= 0.3 is 5.97 Å². The van der Waals surface area contributed by atoms with Crippen LogP contribution in [0.15, 0.2) is 71.7 Å². The number of anilines is 1. The maximum atomic E-state index is 12.3. The number of aromatic hydroxyl groups is 1. The van der Waals surface area contributed by atoms with Crippen molar-refractivity contribution < 1.29 is 19.4 Å². The number of hydrogen-bond donors (Lipinski definition) is 2. The minimum Gasteiger partial charge on any atom is -0.494 e. The number of H-pyrrole nitrogens is 1. The van der Waals surface area contributed by atoms with E-state index in [4.69, 9.17) is 9.73 Å². The number of carbonyl (C=O) groups excluding carboxylic acids is 2. The smallest absolute Gasteiger partial charge is 0.356 e. The highest BCUT2D eigenvalue weighted by atomic mass is 16.5. The zero-order valence-corrected chi connectivity index (χ0v) is 21.2. The molecule has 9 heteroatoms. The summed E-state index contributed by atoms with van der Waals surface area (Å²) >= 11 is 0. The van der Waals surface area contributed by atoms with Crippen LogP contribution in [-0.2, 0) is 9.53 Å². The molecule has 0 bridgehead atoms. The van der Waals surface area contributed by atoms with E-state index in [-0.39, 0.29) is 24.0 Å². The lowest BCUT2D eigenvalue weighted by Gasteiger charge is -2.22. The second-order valence-electron chi connectivity index (χ2n) is 8.54. The lowest BCUT2D eigenvalue weighted by Crippen LogP contribution is -2.36. The molecule has 2 aromatic heterocycles. The average molecular weight is 500 g/mol. The van der Waals surface area contributed by atoms with Gasteiger partial charge in [-0.25, -0.2) is 14.8 Å². The molecule has 0 fully saturated rings. The van der Waals surface area contributed by atoms with Crippen molar-refractivity contribution in [2.24, 2.45) is 4.99 Å². The maximum Gasteiger partial charge on any atom is 0.356 e. The van der Waals surface area contributed by atoms with Crippen LogP contribution in [0.2, 0.25) is 0 Å². The number of aromatic nitrogens is 2. The van der Waals surface area contributed by atoms with E-state index in [9.17, 15) is 14.7 Å². The Hall–Kier alpha value is -4.66. The molecule has 0 spiro atoms. The molecule has 4 rings (SSSR count). The van der Waals surface area contributed by atoms with Gasteiger partial charge in [0, 0.05) is 37.3 Å². The fourth-order valence-electron chi connectivity index (χ4n) is 3.88. The van der Waals surface area contributed by atoms with Crippen LogP contribution in [0.25, 0.3) is 11.0 Å². The van der Waals surface area contributed by atoms with Crippen molar-refractivity contribution in [3.63, 3.8) is 0 Å². The van der Waals surface area contributed by atoms with Crippen LogP contribution in [0.1, 0.15) is 28.5 Å². The molecule has 0 atom stereocenters. The lowest BCUT2D eigenvalue weighted by atomic mass is 10.0. The van der Waals surface area contributed by atoms with Gasteiger partial charge in [-0.2, -0.15) is 0 Å². The number of aromatic amines is 1. The monoisotopic (exact) mass is 499 g/mol. The molecule has 9 nitrogen and oxygen atoms in total. The van der Waals surface area contributed by atoms with E-state index in [0.717, 1.165) is 11.3 Å². The molecular formula is C28H29N5O4. The van der Waals surface area contributed by atoms with E-state index in [1.165, 1.54) is 7.11 Å². The topological polar surface area (TPSA) is 111 Å². The zero-order valence-electron chi connectivity index (χ0n) is 21.2. The Bertz CT molecular complexity index is 1440. The first-order valence-corrected chi connectivity index (χ1v) is 11.8. The van der Waals surface area contributed by atoms with Gasteiger partial charge in [-0.3, -0.25) is 4.79 Å². The highest BCUT2D eigenvalue weighted by molar-refractivity contribution is 6.21. The molecule has 1 amide bonds. The third-order valence-corrected chi connectivity index (χ3v) is 6.12. The van der Waals surface area contributed by atoms with Crippen molar-refractivity contribution in [1.29, 1.82) is 0 Å². The van der Waals surface area contributed by atoms with Gasteiger partial charge in [0.15, 0.2) is 11.6 Å². The van der Waals surface area contributed by atoms with Crippen LogP contribution in [0.4, 0.5) is 11.4 Å². The number of methoxy groups -OCH3 is 1. The average Bonchev–Trinajstić information content (AvgIpc) is 3.25. The third-order valence-electron chi connectivity index (χ3n) is 6.12. The molecule has 190 valence electrons. The molecule has 2 heterocycles. The van der Waals surface area contributed by atoms with Crippen LogP contribution in [0.5, 0.6) is 5.88 Å². The molecule has 2 N–H and O–H groups in total. The number of amides is 1. The number of likely N-dealkylation sites (N-methyl/N-ethyl adjacent to an activating group) is 2. The molecule has 0 radical (unpaired) electrons. The summed E-state index contributed by atoms with van der Waals surface area (Å²) < 4.78 is 4.76. The number of aliphatic imine (C=N–C) groups is 1. The fourth-order valence-corrected chi connectivity index (χ4v) is 3.88. The molecular weight excluding hydrogens is 470 g/mol. The van der Waals surface area contributed by atoms with E-state index < -0.39 is 5.97 Å². The van der Waals surface area contributed by atoms with Gasteiger partial charge in [0.25, 0.3) is 0 Å². The summed E-state index contributed by atoms with van der Waals surface area (Å²) in [6.45, 7) is 2.86. The van der Waals surface area contributed by atoms with Crippen LogP contribution in [0.3, 0.4) is 0 Å². The molecule has 0 aliphatic rings. The zero-order chi connectivity index (χ0) is 26.5. The van der Waals surface area contributed by atoms with Crippen molar-refractivity contribution in [2.45, 2.75) is 6.92 Å². The summed E-state index contributed by atoms with van der Waals surface area (Å²) in [5, 5.41) is 11.5. The Balaban J connectivity index is 1.73. The van der Waals surface area contributed by atoms with Gasteiger partial charge in [0.2, 0.25) is 5.91 Å². The molecule has 0 unspecified atom stereocenters. The number of ether oxygens (including phenoxy) is 1. The molecule has 0 saturated carbocycles. The van der Waals surface area contributed by atoms with Crippen molar-refractivity contribution >= 4 is 40.0 Å². The second kappa shape index (κ2) is 10.9. The summed E-state index contributed by atoms with van der Waals surface area (Å²) in [6, 6.07) is 20.3. The van der Waals surface area contributed by atoms with Crippen molar-refractivity contribution in [3.8, 4) is 5.88 Å². The predicted octanol–water partition coefficient (Wildman–Crippen LogP) is 4.14. The minimum atomic E-state index is -0.567. The molecule has 4 aromatic rings. The van der Waals surface area contributed by atoms with Crippen LogP contribution in [-0.4, -0.2) is 71.9 Å². The van der Waals surface area contributed by atoms with Gasteiger partial charge in [-0.15, -0.1) is 0 Å². The quantitative estimate of drug-likeness (QED) is 0.278. The SMILES string of the molecule is CCN(C)C(=O)CN(C)c1ccc(N=C(c2ccccc2)c2c(O)[nH]c3nc(C(=O)OC)ccc23)cc1. The van der Waals surface area contributed by atoms with E-state index >= 15 is 0 Å².